The van der Waals surface area contributed by atoms with Crippen molar-refractivity contribution < 1.29 is 0 Å². The fourth-order valence-corrected chi connectivity index (χ4v) is 2.45. The number of hydrogen-bond donors (Lipinski definition) is 1. The van der Waals surface area contributed by atoms with Crippen LogP contribution in [0.5, 0.6) is 0 Å². The second-order valence-electron chi connectivity index (χ2n) is 6.21. The third-order valence-electron chi connectivity index (χ3n) is 3.66. The maximum Gasteiger partial charge on any atom is 0.125 e. The van der Waals surface area contributed by atoms with Crippen LogP contribution in [0.2, 0.25) is 0 Å². The van der Waals surface area contributed by atoms with Gasteiger partial charge in [0.2, 0.25) is 0 Å². The van der Waals surface area contributed by atoms with Crippen molar-refractivity contribution in [2.24, 2.45) is 13.0 Å². The number of aryl methyl sites for hydroxylation is 1. The number of nitrogen functional groups attached to an aromatic ring is 1. The van der Waals surface area contributed by atoms with Crippen LogP contribution in [-0.4, -0.2) is 9.78 Å². The average Bonchev–Trinajstić information content (AvgIpc) is 2.66. The SMILES string of the molecule is CC(C)Cc1c(-c2ccc(C(C)C)cc2)nn(C)c1N. The molecule has 3 heteroatoms. The van der Waals surface area contributed by atoms with E-state index in [1.54, 1.807) is 4.68 Å². The standard InChI is InChI=1S/C17H25N3/c1-11(2)10-15-16(19-20(5)17(15)18)14-8-6-13(7-9-14)12(3)4/h6-9,11-12H,10,18H2,1-5H3. The first kappa shape index (κ1) is 14.6. The van der Waals surface area contributed by atoms with Crippen LogP contribution in [0.3, 0.4) is 0 Å². The molecule has 0 aliphatic carbocycles. The van der Waals surface area contributed by atoms with E-state index in [1.807, 2.05) is 7.05 Å². The highest BCUT2D eigenvalue weighted by molar-refractivity contribution is 5.68. The lowest BCUT2D eigenvalue weighted by atomic mass is 9.97. The van der Waals surface area contributed by atoms with E-state index in [1.165, 1.54) is 11.1 Å². The van der Waals surface area contributed by atoms with Crippen molar-refractivity contribution in [2.45, 2.75) is 40.0 Å². The van der Waals surface area contributed by atoms with Gasteiger partial charge < -0.3 is 5.73 Å². The lowest BCUT2D eigenvalue weighted by molar-refractivity contribution is 0.648. The molecule has 1 aromatic carbocycles. The highest BCUT2D eigenvalue weighted by Gasteiger charge is 2.16. The summed E-state index contributed by atoms with van der Waals surface area (Å²) in [5.74, 6) is 1.89. The molecule has 0 saturated carbocycles. The monoisotopic (exact) mass is 271 g/mol. The van der Waals surface area contributed by atoms with Gasteiger partial charge in [0.1, 0.15) is 5.82 Å². The van der Waals surface area contributed by atoms with Gasteiger partial charge in [0.05, 0.1) is 5.69 Å². The summed E-state index contributed by atoms with van der Waals surface area (Å²) in [6, 6.07) is 8.68. The number of nitrogens with two attached hydrogens (primary N) is 1. The molecular weight excluding hydrogens is 246 g/mol. The van der Waals surface area contributed by atoms with Crippen molar-refractivity contribution in [3.8, 4) is 11.3 Å². The largest absolute Gasteiger partial charge is 0.384 e. The van der Waals surface area contributed by atoms with E-state index in [9.17, 15) is 0 Å². The van der Waals surface area contributed by atoms with E-state index < -0.39 is 0 Å². The van der Waals surface area contributed by atoms with E-state index in [-0.39, 0.29) is 0 Å². The molecule has 0 aliphatic heterocycles. The Bertz CT molecular complexity index is 577. The van der Waals surface area contributed by atoms with Crippen LogP contribution in [-0.2, 0) is 13.5 Å². The van der Waals surface area contributed by atoms with Gasteiger partial charge >= 0.3 is 0 Å². The van der Waals surface area contributed by atoms with Crippen LogP contribution in [0.25, 0.3) is 11.3 Å². The van der Waals surface area contributed by atoms with Crippen LogP contribution >= 0.6 is 0 Å². The Morgan fingerprint density at radius 2 is 1.70 bits per heavy atom. The first-order chi connectivity index (χ1) is 9.40. The van der Waals surface area contributed by atoms with Crippen molar-refractivity contribution in [3.05, 3.63) is 35.4 Å². The molecule has 0 atom stereocenters. The van der Waals surface area contributed by atoms with E-state index in [4.69, 9.17) is 5.73 Å². The third kappa shape index (κ3) is 2.87. The maximum absolute atomic E-state index is 6.17. The third-order valence-corrected chi connectivity index (χ3v) is 3.66. The van der Waals surface area contributed by atoms with E-state index >= 15 is 0 Å². The second kappa shape index (κ2) is 5.70. The van der Waals surface area contributed by atoms with Crippen LogP contribution in [0.15, 0.2) is 24.3 Å². The minimum Gasteiger partial charge on any atom is -0.384 e. The van der Waals surface area contributed by atoms with E-state index in [2.05, 4.69) is 57.1 Å². The van der Waals surface area contributed by atoms with Gasteiger partial charge in [-0.25, -0.2) is 0 Å². The quantitative estimate of drug-likeness (QED) is 0.913. The molecule has 2 rings (SSSR count). The molecule has 2 aromatic rings. The normalized spacial score (nSPS) is 11.6. The summed E-state index contributed by atoms with van der Waals surface area (Å²) in [5, 5.41) is 4.60. The number of nitrogens with zero attached hydrogens (tertiary/aromatic N) is 2. The molecule has 1 heterocycles. The highest BCUT2D eigenvalue weighted by atomic mass is 15.3. The summed E-state index contributed by atoms with van der Waals surface area (Å²) in [4.78, 5) is 0. The second-order valence-corrected chi connectivity index (χ2v) is 6.21. The van der Waals surface area contributed by atoms with Crippen LogP contribution < -0.4 is 5.73 Å². The molecule has 0 aliphatic rings. The summed E-state index contributed by atoms with van der Waals surface area (Å²) >= 11 is 0. The molecule has 0 fully saturated rings. The molecule has 3 nitrogen and oxygen atoms in total. The fraction of sp³-hybridized carbons (Fsp3) is 0.471. The van der Waals surface area contributed by atoms with Crippen LogP contribution in [0, 0.1) is 5.92 Å². The zero-order chi connectivity index (χ0) is 14.9. The Hall–Kier alpha value is -1.77. The molecule has 108 valence electrons. The summed E-state index contributed by atoms with van der Waals surface area (Å²) < 4.78 is 1.78. The van der Waals surface area contributed by atoms with Crippen molar-refractivity contribution >= 4 is 5.82 Å². The van der Waals surface area contributed by atoms with Crippen molar-refractivity contribution in [1.82, 2.24) is 9.78 Å². The van der Waals surface area contributed by atoms with E-state index in [0.717, 1.165) is 23.5 Å². The number of hydrogen-bond acceptors (Lipinski definition) is 2. The van der Waals surface area contributed by atoms with Crippen molar-refractivity contribution in [3.63, 3.8) is 0 Å². The van der Waals surface area contributed by atoms with Gasteiger partial charge in [-0.2, -0.15) is 5.10 Å². The lowest BCUT2D eigenvalue weighted by Crippen LogP contribution is -2.02. The molecule has 1 aromatic heterocycles. The Balaban J connectivity index is 2.43. The first-order valence-corrected chi connectivity index (χ1v) is 7.31. The van der Waals surface area contributed by atoms with Gasteiger partial charge in [0.25, 0.3) is 0 Å². The molecule has 0 saturated heterocycles. The fourth-order valence-electron chi connectivity index (χ4n) is 2.45. The van der Waals surface area contributed by atoms with Crippen LogP contribution in [0.4, 0.5) is 5.82 Å². The van der Waals surface area contributed by atoms with Crippen LogP contribution in [0.1, 0.15) is 44.7 Å². The number of anilines is 1. The first-order valence-electron chi connectivity index (χ1n) is 7.31. The van der Waals surface area contributed by atoms with Gasteiger partial charge in [-0.3, -0.25) is 4.68 Å². The number of rotatable bonds is 4. The Morgan fingerprint density at radius 3 is 2.20 bits per heavy atom. The molecule has 0 spiro atoms. The molecule has 2 N–H and O–H groups in total. The molecule has 0 radical (unpaired) electrons. The zero-order valence-electron chi connectivity index (χ0n) is 13.1. The maximum atomic E-state index is 6.17. The molecule has 0 unspecified atom stereocenters. The Labute approximate surface area is 121 Å². The predicted molar refractivity (Wildman–Crippen MR) is 85.7 cm³/mol. The topological polar surface area (TPSA) is 43.8 Å². The lowest BCUT2D eigenvalue weighted by Gasteiger charge is -2.08. The average molecular weight is 271 g/mol. The minimum atomic E-state index is 0.549. The predicted octanol–water partition coefficient (Wildman–Crippen LogP) is 3.99. The number of aromatic nitrogens is 2. The Kier molecular flexibility index (Phi) is 4.17. The molecule has 0 bridgehead atoms. The van der Waals surface area contributed by atoms with Crippen molar-refractivity contribution in [2.75, 3.05) is 5.73 Å². The summed E-state index contributed by atoms with van der Waals surface area (Å²) in [5.41, 5.74) is 10.9. The Morgan fingerprint density at radius 1 is 1.10 bits per heavy atom. The van der Waals surface area contributed by atoms with Gasteiger partial charge in [-0.15, -0.1) is 0 Å². The molecule has 0 amide bonds. The zero-order valence-corrected chi connectivity index (χ0v) is 13.1. The summed E-state index contributed by atoms with van der Waals surface area (Å²) in [7, 11) is 1.91. The van der Waals surface area contributed by atoms with Crippen molar-refractivity contribution in [1.29, 1.82) is 0 Å². The van der Waals surface area contributed by atoms with Gasteiger partial charge in [-0.1, -0.05) is 52.0 Å². The van der Waals surface area contributed by atoms with Gasteiger partial charge in [-0.05, 0) is 23.8 Å². The smallest absolute Gasteiger partial charge is 0.125 e. The minimum absolute atomic E-state index is 0.549. The number of benzene rings is 1. The summed E-state index contributed by atoms with van der Waals surface area (Å²) in [6.07, 6.45) is 0.959. The van der Waals surface area contributed by atoms with Gasteiger partial charge in [0, 0.05) is 18.2 Å². The van der Waals surface area contributed by atoms with E-state index in [0.29, 0.717) is 11.8 Å². The highest BCUT2D eigenvalue weighted by Crippen LogP contribution is 2.29. The molecule has 20 heavy (non-hydrogen) atoms. The molecular formula is C17H25N3. The summed E-state index contributed by atoms with van der Waals surface area (Å²) in [6.45, 7) is 8.83. The van der Waals surface area contributed by atoms with Gasteiger partial charge in [0.15, 0.2) is 0 Å².